The number of aromatic nitrogens is 2. The number of aryl methyl sites for hydroxylation is 1. The van der Waals surface area contributed by atoms with Gasteiger partial charge < -0.3 is 9.73 Å². The summed E-state index contributed by atoms with van der Waals surface area (Å²) >= 11 is 0. The molecule has 0 saturated carbocycles. The number of hydrogen-bond donors (Lipinski definition) is 1. The number of hydrogen-bond acceptors (Lipinski definition) is 5. The van der Waals surface area contributed by atoms with Crippen LogP contribution in [0, 0.1) is 13.8 Å². The predicted molar refractivity (Wildman–Crippen MR) is 106 cm³/mol. The lowest BCUT2D eigenvalue weighted by Gasteiger charge is -2.12. The van der Waals surface area contributed by atoms with Crippen molar-refractivity contribution in [2.24, 2.45) is 0 Å². The fourth-order valence-corrected chi connectivity index (χ4v) is 5.13. The summed E-state index contributed by atoms with van der Waals surface area (Å²) in [5.41, 5.74) is 3.61. The average Bonchev–Trinajstić information content (AvgIpc) is 3.37. The smallest absolute Gasteiger partial charge is 0.276 e. The van der Waals surface area contributed by atoms with Crippen LogP contribution in [-0.2, 0) is 9.84 Å². The van der Waals surface area contributed by atoms with Gasteiger partial charge in [0.05, 0.1) is 23.8 Å². The molecular weight excluding hydrogens is 378 g/mol. The second-order valence-electron chi connectivity index (χ2n) is 7.10. The highest BCUT2D eigenvalue weighted by molar-refractivity contribution is 7.91. The van der Waals surface area contributed by atoms with Crippen LogP contribution >= 0.6 is 0 Å². The molecule has 1 fully saturated rings. The SMILES string of the molecule is Cc1cccc(NC(=O)c2cc(-c3ccco3)n([C@@H]3CCS(=O)(=O)C3)n2)c1C. The number of benzene rings is 1. The maximum Gasteiger partial charge on any atom is 0.276 e. The molecule has 1 atom stereocenters. The normalized spacial score (nSPS) is 18.3. The van der Waals surface area contributed by atoms with E-state index in [2.05, 4.69) is 10.4 Å². The number of rotatable bonds is 4. The topological polar surface area (TPSA) is 94.2 Å². The molecule has 0 spiro atoms. The van der Waals surface area contributed by atoms with Gasteiger partial charge in [-0.25, -0.2) is 8.42 Å². The van der Waals surface area contributed by atoms with Gasteiger partial charge in [-0.3, -0.25) is 9.48 Å². The van der Waals surface area contributed by atoms with Gasteiger partial charge in [0.1, 0.15) is 5.69 Å². The summed E-state index contributed by atoms with van der Waals surface area (Å²) in [5.74, 6) is 0.336. The predicted octanol–water partition coefficient (Wildman–Crippen LogP) is 3.37. The molecule has 3 aromatic rings. The third kappa shape index (κ3) is 3.47. The Kier molecular flexibility index (Phi) is 4.58. The van der Waals surface area contributed by atoms with Crippen LogP contribution in [0.15, 0.2) is 47.1 Å². The Labute approximate surface area is 163 Å². The number of nitrogens with zero attached hydrogens (tertiary/aromatic N) is 2. The molecule has 1 aliphatic rings. The van der Waals surface area contributed by atoms with Crippen molar-refractivity contribution < 1.29 is 17.6 Å². The quantitative estimate of drug-likeness (QED) is 0.726. The maximum absolute atomic E-state index is 12.8. The van der Waals surface area contributed by atoms with E-state index in [1.54, 1.807) is 22.9 Å². The molecular formula is C20H21N3O4S. The molecule has 1 aromatic carbocycles. The van der Waals surface area contributed by atoms with Crippen LogP contribution in [-0.4, -0.2) is 35.6 Å². The van der Waals surface area contributed by atoms with Crippen molar-refractivity contribution in [3.8, 4) is 11.5 Å². The van der Waals surface area contributed by atoms with E-state index in [0.29, 0.717) is 17.9 Å². The first-order valence-corrected chi connectivity index (χ1v) is 10.9. The molecule has 3 heterocycles. The van der Waals surface area contributed by atoms with Crippen molar-refractivity contribution in [2.75, 3.05) is 16.8 Å². The van der Waals surface area contributed by atoms with Gasteiger partial charge in [0.25, 0.3) is 5.91 Å². The summed E-state index contributed by atoms with van der Waals surface area (Å²) in [6.07, 6.45) is 2.00. The first kappa shape index (κ1) is 18.5. The zero-order valence-corrected chi connectivity index (χ0v) is 16.5. The summed E-state index contributed by atoms with van der Waals surface area (Å²) < 4.78 is 30.9. The van der Waals surface area contributed by atoms with E-state index < -0.39 is 9.84 Å². The minimum atomic E-state index is -3.09. The number of carbonyl (C=O) groups is 1. The van der Waals surface area contributed by atoms with E-state index >= 15 is 0 Å². The molecule has 146 valence electrons. The first-order valence-electron chi connectivity index (χ1n) is 9.05. The Balaban J connectivity index is 1.69. The zero-order valence-electron chi connectivity index (χ0n) is 15.7. The van der Waals surface area contributed by atoms with Gasteiger partial charge in [0.2, 0.25) is 0 Å². The van der Waals surface area contributed by atoms with E-state index in [0.717, 1.165) is 16.8 Å². The van der Waals surface area contributed by atoms with Crippen LogP contribution in [0.5, 0.6) is 0 Å². The number of carbonyl (C=O) groups excluding carboxylic acids is 1. The van der Waals surface area contributed by atoms with Gasteiger partial charge in [0, 0.05) is 11.8 Å². The van der Waals surface area contributed by atoms with Crippen LogP contribution in [0.1, 0.15) is 34.1 Å². The molecule has 2 aromatic heterocycles. The highest BCUT2D eigenvalue weighted by Gasteiger charge is 2.32. The first-order chi connectivity index (χ1) is 13.3. The van der Waals surface area contributed by atoms with E-state index in [9.17, 15) is 13.2 Å². The Morgan fingerprint density at radius 1 is 1.25 bits per heavy atom. The van der Waals surface area contributed by atoms with Crippen LogP contribution in [0.4, 0.5) is 5.69 Å². The zero-order chi connectivity index (χ0) is 19.9. The molecule has 0 bridgehead atoms. The molecule has 0 radical (unpaired) electrons. The molecule has 1 amide bonds. The second kappa shape index (κ2) is 6.94. The molecule has 0 unspecified atom stereocenters. The van der Waals surface area contributed by atoms with Crippen molar-refractivity contribution in [2.45, 2.75) is 26.3 Å². The summed E-state index contributed by atoms with van der Waals surface area (Å²) in [6, 6.07) is 10.5. The monoisotopic (exact) mass is 399 g/mol. The minimum Gasteiger partial charge on any atom is -0.463 e. The van der Waals surface area contributed by atoms with E-state index in [-0.39, 0.29) is 29.1 Å². The van der Waals surface area contributed by atoms with E-state index in [4.69, 9.17) is 4.42 Å². The third-order valence-electron chi connectivity index (χ3n) is 5.15. The Bertz CT molecular complexity index is 1130. The molecule has 1 N–H and O–H groups in total. The number of amides is 1. The highest BCUT2D eigenvalue weighted by atomic mass is 32.2. The molecule has 4 rings (SSSR count). The lowest BCUT2D eigenvalue weighted by Crippen LogP contribution is -2.17. The van der Waals surface area contributed by atoms with Crippen molar-refractivity contribution in [3.63, 3.8) is 0 Å². The van der Waals surface area contributed by atoms with Gasteiger partial charge in [-0.05, 0) is 49.6 Å². The molecule has 28 heavy (non-hydrogen) atoms. The second-order valence-corrected chi connectivity index (χ2v) is 9.32. The van der Waals surface area contributed by atoms with Gasteiger partial charge in [-0.2, -0.15) is 5.10 Å². The lowest BCUT2D eigenvalue weighted by molar-refractivity contribution is 0.102. The number of nitrogens with one attached hydrogen (secondary N) is 1. The fraction of sp³-hybridized carbons (Fsp3) is 0.300. The lowest BCUT2D eigenvalue weighted by atomic mass is 10.1. The number of sulfone groups is 1. The molecule has 8 heteroatoms. The average molecular weight is 399 g/mol. The Hall–Kier alpha value is -2.87. The molecule has 1 aliphatic heterocycles. The van der Waals surface area contributed by atoms with Crippen molar-refractivity contribution in [1.82, 2.24) is 9.78 Å². The third-order valence-corrected chi connectivity index (χ3v) is 6.90. The van der Waals surface area contributed by atoms with Crippen LogP contribution in [0.3, 0.4) is 0 Å². The number of anilines is 1. The van der Waals surface area contributed by atoms with Crippen LogP contribution in [0.2, 0.25) is 0 Å². The van der Waals surface area contributed by atoms with Gasteiger partial charge >= 0.3 is 0 Å². The van der Waals surface area contributed by atoms with Gasteiger partial charge in [-0.1, -0.05) is 12.1 Å². The molecule has 7 nitrogen and oxygen atoms in total. The summed E-state index contributed by atoms with van der Waals surface area (Å²) in [7, 11) is -3.09. The molecule has 1 saturated heterocycles. The van der Waals surface area contributed by atoms with Crippen molar-refractivity contribution in [3.05, 3.63) is 59.5 Å². The summed E-state index contributed by atoms with van der Waals surface area (Å²) in [5, 5.41) is 7.34. The number of furan rings is 1. The standard InChI is InChI=1S/C20H21N3O4S/c1-13-5-3-6-16(14(13)2)21-20(24)17-11-18(19-7-4-9-27-19)23(22-17)15-8-10-28(25,26)12-15/h3-7,9,11,15H,8,10,12H2,1-2H3,(H,21,24)/t15-/m1/s1. The minimum absolute atomic E-state index is 0.0143. The Morgan fingerprint density at radius 3 is 2.75 bits per heavy atom. The molecule has 0 aliphatic carbocycles. The van der Waals surface area contributed by atoms with Crippen LogP contribution < -0.4 is 5.32 Å². The van der Waals surface area contributed by atoms with Crippen LogP contribution in [0.25, 0.3) is 11.5 Å². The summed E-state index contributed by atoms with van der Waals surface area (Å²) in [6.45, 7) is 3.93. The van der Waals surface area contributed by atoms with Gasteiger partial charge in [-0.15, -0.1) is 0 Å². The maximum atomic E-state index is 12.8. The van der Waals surface area contributed by atoms with E-state index in [1.807, 2.05) is 32.0 Å². The fourth-order valence-electron chi connectivity index (χ4n) is 3.43. The summed E-state index contributed by atoms with van der Waals surface area (Å²) in [4.78, 5) is 12.8. The highest BCUT2D eigenvalue weighted by Crippen LogP contribution is 2.30. The van der Waals surface area contributed by atoms with Gasteiger partial charge in [0.15, 0.2) is 21.3 Å². The van der Waals surface area contributed by atoms with Crippen molar-refractivity contribution >= 4 is 21.4 Å². The van der Waals surface area contributed by atoms with Crippen molar-refractivity contribution in [1.29, 1.82) is 0 Å². The largest absolute Gasteiger partial charge is 0.463 e. The van der Waals surface area contributed by atoms with E-state index in [1.165, 1.54) is 6.26 Å². The Morgan fingerprint density at radius 2 is 2.07 bits per heavy atom.